The van der Waals surface area contributed by atoms with Crippen LogP contribution in [0.1, 0.15) is 30.7 Å². The van der Waals surface area contributed by atoms with Crippen molar-refractivity contribution in [2.24, 2.45) is 0 Å². The Kier molecular flexibility index (Phi) is 6.21. The molecular weight excluding hydrogens is 406 g/mol. The molecule has 1 aliphatic carbocycles. The Morgan fingerprint density at radius 1 is 1.03 bits per heavy atom. The first-order valence-electron chi connectivity index (χ1n) is 9.26. The molecule has 164 valence electrons. The van der Waals surface area contributed by atoms with E-state index in [0.717, 1.165) is 18.6 Å². The van der Waals surface area contributed by atoms with Gasteiger partial charge in [-0.2, -0.15) is 0 Å². The summed E-state index contributed by atoms with van der Waals surface area (Å²) in [4.78, 5) is 2.01. The number of nitrogens with one attached hydrogen (secondary N) is 1. The quantitative estimate of drug-likeness (QED) is 0.681. The number of piperazine rings is 1. The summed E-state index contributed by atoms with van der Waals surface area (Å²) in [5, 5.41) is 14.1. The Balaban J connectivity index is 1.95. The summed E-state index contributed by atoms with van der Waals surface area (Å²) in [5.74, 6) is -2.35. The van der Waals surface area contributed by atoms with Gasteiger partial charge in [-0.1, -0.05) is 6.07 Å². The lowest BCUT2D eigenvalue weighted by molar-refractivity contribution is -0.276. The van der Waals surface area contributed by atoms with Crippen LogP contribution in [0.2, 0.25) is 0 Å². The van der Waals surface area contributed by atoms with E-state index in [2.05, 4.69) is 14.8 Å². The molecule has 0 bridgehead atoms. The van der Waals surface area contributed by atoms with Crippen molar-refractivity contribution in [2.45, 2.75) is 43.5 Å². The van der Waals surface area contributed by atoms with Crippen LogP contribution in [0.15, 0.2) is 18.2 Å². The maximum atomic E-state index is 12.9. The summed E-state index contributed by atoms with van der Waals surface area (Å²) in [6.07, 6.45) is -8.64. The van der Waals surface area contributed by atoms with Crippen LogP contribution in [0.5, 0.6) is 11.5 Å². The first-order valence-corrected chi connectivity index (χ1v) is 9.26. The molecule has 1 saturated heterocycles. The lowest BCUT2D eigenvalue weighted by Crippen LogP contribution is -2.51. The molecule has 2 fully saturated rings. The topological polar surface area (TPSA) is 54.0 Å². The zero-order valence-electron chi connectivity index (χ0n) is 15.4. The normalized spacial score (nSPS) is 21.3. The number of hydrogen-bond acceptors (Lipinski definition) is 5. The van der Waals surface area contributed by atoms with Crippen molar-refractivity contribution in [1.29, 1.82) is 0 Å². The zero-order chi connectivity index (χ0) is 21.3. The largest absolute Gasteiger partial charge is 0.573 e. The van der Waals surface area contributed by atoms with Crippen LogP contribution >= 0.6 is 0 Å². The van der Waals surface area contributed by atoms with Gasteiger partial charge in [-0.05, 0) is 25.3 Å². The second-order valence-corrected chi connectivity index (χ2v) is 7.36. The molecule has 1 aromatic rings. The Bertz CT molecular complexity index is 700. The van der Waals surface area contributed by atoms with Gasteiger partial charge in [0.15, 0.2) is 0 Å². The highest BCUT2D eigenvalue weighted by atomic mass is 19.4. The SMILES string of the molecule is OC1(C(CN2CCNCC2)c2ccc(OC(F)(F)F)cc2OC(F)(F)F)CCC1. The fourth-order valence-corrected chi connectivity index (χ4v) is 3.81. The minimum atomic E-state index is -5.10. The molecule has 1 saturated carbocycles. The molecule has 1 aliphatic heterocycles. The third kappa shape index (κ3) is 5.89. The van der Waals surface area contributed by atoms with Gasteiger partial charge in [0, 0.05) is 50.3 Å². The van der Waals surface area contributed by atoms with Gasteiger partial charge in [0.25, 0.3) is 0 Å². The van der Waals surface area contributed by atoms with Crippen molar-refractivity contribution >= 4 is 0 Å². The van der Waals surface area contributed by atoms with Crippen LogP contribution in [0, 0.1) is 0 Å². The van der Waals surface area contributed by atoms with E-state index in [1.807, 2.05) is 4.90 Å². The number of ether oxygens (including phenoxy) is 2. The van der Waals surface area contributed by atoms with Gasteiger partial charge in [-0.3, -0.25) is 0 Å². The number of benzene rings is 1. The third-order valence-corrected chi connectivity index (χ3v) is 5.34. The van der Waals surface area contributed by atoms with E-state index in [0.29, 0.717) is 45.1 Å². The summed E-state index contributed by atoms with van der Waals surface area (Å²) in [6, 6.07) is 2.63. The number of hydrogen-bond donors (Lipinski definition) is 2. The molecule has 2 aliphatic rings. The summed E-state index contributed by atoms with van der Waals surface area (Å²) in [5.41, 5.74) is -1.22. The van der Waals surface area contributed by atoms with Crippen molar-refractivity contribution in [3.05, 3.63) is 23.8 Å². The van der Waals surface area contributed by atoms with Crippen LogP contribution < -0.4 is 14.8 Å². The second-order valence-electron chi connectivity index (χ2n) is 7.36. The molecule has 1 atom stereocenters. The monoisotopic (exact) mass is 428 g/mol. The lowest BCUT2D eigenvalue weighted by atomic mass is 9.68. The Morgan fingerprint density at radius 2 is 1.66 bits per heavy atom. The standard InChI is InChI=1S/C18H22F6N2O3/c19-17(20,21)28-12-2-3-13(15(10-12)29-18(22,23)24)14(16(27)4-1-5-16)11-26-8-6-25-7-9-26/h2-3,10,14,25,27H,1,4-9,11H2. The summed E-state index contributed by atoms with van der Waals surface area (Å²) in [7, 11) is 0. The van der Waals surface area contributed by atoms with E-state index in [-0.39, 0.29) is 12.1 Å². The van der Waals surface area contributed by atoms with Gasteiger partial charge in [0.05, 0.1) is 5.60 Å². The molecule has 5 nitrogen and oxygen atoms in total. The number of aliphatic hydroxyl groups is 1. The van der Waals surface area contributed by atoms with Gasteiger partial charge in [-0.15, -0.1) is 26.3 Å². The van der Waals surface area contributed by atoms with Gasteiger partial charge in [0.2, 0.25) is 0 Å². The van der Waals surface area contributed by atoms with Crippen molar-refractivity contribution < 1.29 is 40.9 Å². The Labute approximate surface area is 163 Å². The van der Waals surface area contributed by atoms with E-state index in [4.69, 9.17) is 0 Å². The van der Waals surface area contributed by atoms with E-state index in [1.165, 1.54) is 0 Å². The van der Waals surface area contributed by atoms with E-state index in [1.54, 1.807) is 0 Å². The Morgan fingerprint density at radius 3 is 2.17 bits per heavy atom. The van der Waals surface area contributed by atoms with Crippen LogP contribution in [0.4, 0.5) is 26.3 Å². The van der Waals surface area contributed by atoms with Gasteiger partial charge in [-0.25, -0.2) is 0 Å². The fourth-order valence-electron chi connectivity index (χ4n) is 3.81. The van der Waals surface area contributed by atoms with Crippen molar-refractivity contribution in [3.8, 4) is 11.5 Å². The highest BCUT2D eigenvalue weighted by molar-refractivity contribution is 5.44. The predicted molar refractivity (Wildman–Crippen MR) is 90.7 cm³/mol. The van der Waals surface area contributed by atoms with Crippen molar-refractivity contribution in [2.75, 3.05) is 32.7 Å². The molecule has 2 N–H and O–H groups in total. The van der Waals surface area contributed by atoms with Gasteiger partial charge >= 0.3 is 12.7 Å². The number of rotatable bonds is 6. The molecule has 0 amide bonds. The first kappa shape index (κ1) is 22.0. The molecule has 29 heavy (non-hydrogen) atoms. The molecule has 11 heteroatoms. The van der Waals surface area contributed by atoms with Crippen LogP contribution in [0.3, 0.4) is 0 Å². The number of halogens is 6. The summed E-state index contributed by atoms with van der Waals surface area (Å²) >= 11 is 0. The van der Waals surface area contributed by atoms with Crippen LogP contribution in [-0.2, 0) is 0 Å². The average molecular weight is 428 g/mol. The van der Waals surface area contributed by atoms with Crippen molar-refractivity contribution in [3.63, 3.8) is 0 Å². The predicted octanol–water partition coefficient (Wildman–Crippen LogP) is 3.39. The van der Waals surface area contributed by atoms with E-state index >= 15 is 0 Å². The highest BCUT2D eigenvalue weighted by Gasteiger charge is 2.46. The van der Waals surface area contributed by atoms with Crippen LogP contribution in [0.25, 0.3) is 0 Å². The van der Waals surface area contributed by atoms with Gasteiger partial charge < -0.3 is 24.8 Å². The molecule has 1 heterocycles. The molecule has 1 aromatic carbocycles. The third-order valence-electron chi connectivity index (χ3n) is 5.34. The summed E-state index contributed by atoms with van der Waals surface area (Å²) in [6.45, 7) is 2.98. The zero-order valence-corrected chi connectivity index (χ0v) is 15.4. The minimum absolute atomic E-state index is 0.0117. The molecule has 0 spiro atoms. The Hall–Kier alpha value is -1.72. The highest BCUT2D eigenvalue weighted by Crippen LogP contribution is 2.47. The maximum absolute atomic E-state index is 12.9. The molecule has 3 rings (SSSR count). The molecule has 0 radical (unpaired) electrons. The number of alkyl halides is 6. The first-order chi connectivity index (χ1) is 13.5. The molecular formula is C18H22F6N2O3. The number of nitrogens with zero attached hydrogens (tertiary/aromatic N) is 1. The lowest BCUT2D eigenvalue weighted by Gasteiger charge is -2.46. The van der Waals surface area contributed by atoms with Gasteiger partial charge in [0.1, 0.15) is 11.5 Å². The summed E-state index contributed by atoms with van der Waals surface area (Å²) < 4.78 is 84.1. The van der Waals surface area contributed by atoms with E-state index in [9.17, 15) is 31.4 Å². The van der Waals surface area contributed by atoms with Crippen LogP contribution in [-0.4, -0.2) is 61.1 Å². The average Bonchev–Trinajstić information content (AvgIpc) is 2.56. The molecule has 0 aromatic heterocycles. The smallest absolute Gasteiger partial charge is 0.406 e. The second kappa shape index (κ2) is 8.19. The van der Waals surface area contributed by atoms with E-state index < -0.39 is 35.7 Å². The fraction of sp³-hybridized carbons (Fsp3) is 0.667. The van der Waals surface area contributed by atoms with Crippen molar-refractivity contribution in [1.82, 2.24) is 10.2 Å². The minimum Gasteiger partial charge on any atom is -0.406 e. The molecule has 1 unspecified atom stereocenters. The maximum Gasteiger partial charge on any atom is 0.573 e.